The highest BCUT2D eigenvalue weighted by molar-refractivity contribution is 9.10. The summed E-state index contributed by atoms with van der Waals surface area (Å²) in [5, 5.41) is 0.117. The summed E-state index contributed by atoms with van der Waals surface area (Å²) in [4.78, 5) is 41.9. The lowest BCUT2D eigenvalue weighted by Gasteiger charge is -2.43. The molecule has 3 aromatic carbocycles. The number of carbonyl (C=O) groups excluding carboxylic acids is 3. The van der Waals surface area contributed by atoms with Crippen LogP contribution in [0.25, 0.3) is 0 Å². The smallest absolute Gasteiger partial charge is 0.340 e. The number of Topliss-reactive ketones (excluding diaryl/α,β-unsaturated/α-hetero) is 1. The lowest BCUT2D eigenvalue weighted by Crippen LogP contribution is -2.38. The number of carbonyl (C=O) groups is 3. The Morgan fingerprint density at radius 3 is 2.51 bits per heavy atom. The van der Waals surface area contributed by atoms with Crippen molar-refractivity contribution in [1.82, 2.24) is 0 Å². The summed E-state index contributed by atoms with van der Waals surface area (Å²) in [5.41, 5.74) is 4.40. The molecule has 234 valence electrons. The predicted molar refractivity (Wildman–Crippen MR) is 175 cm³/mol. The molecule has 0 N–H and O–H groups in total. The van der Waals surface area contributed by atoms with Crippen LogP contribution in [0, 0.1) is 5.41 Å². The number of ether oxygens (including phenoxy) is 3. The van der Waals surface area contributed by atoms with Crippen molar-refractivity contribution in [2.45, 2.75) is 78.2 Å². The highest BCUT2D eigenvalue weighted by Crippen LogP contribution is 2.62. The molecule has 7 nitrogen and oxygen atoms in total. The first-order valence-electron chi connectivity index (χ1n) is 15.7. The van der Waals surface area contributed by atoms with Gasteiger partial charge in [0, 0.05) is 58.3 Å². The van der Waals surface area contributed by atoms with Gasteiger partial charge in [-0.15, -0.1) is 0 Å². The summed E-state index contributed by atoms with van der Waals surface area (Å²) in [7, 11) is 0. The Morgan fingerprint density at radius 1 is 1.04 bits per heavy atom. The summed E-state index contributed by atoms with van der Waals surface area (Å²) in [6.07, 6.45) is 4.67. The van der Waals surface area contributed by atoms with Crippen LogP contribution in [0.5, 0.6) is 17.2 Å². The van der Waals surface area contributed by atoms with Gasteiger partial charge in [-0.05, 0) is 94.3 Å². The van der Waals surface area contributed by atoms with Crippen LogP contribution in [0.15, 0.2) is 34.8 Å². The third-order valence-corrected chi connectivity index (χ3v) is 10.2. The molecule has 9 heteroatoms. The average molecular weight is 693 g/mol. The largest absolute Gasteiger partial charge is 0.454 e. The Balaban J connectivity index is 1.54. The van der Waals surface area contributed by atoms with Crippen molar-refractivity contribution < 1.29 is 28.6 Å². The van der Waals surface area contributed by atoms with Crippen LogP contribution in [-0.2, 0) is 39.2 Å². The van der Waals surface area contributed by atoms with Crippen molar-refractivity contribution in [3.05, 3.63) is 78.8 Å². The predicted octanol–water partition coefficient (Wildman–Crippen LogP) is 8.23. The number of nitrogens with zero attached hydrogens (tertiary/aromatic N) is 1. The maximum Gasteiger partial charge on any atom is 0.340 e. The van der Waals surface area contributed by atoms with Gasteiger partial charge in [0.2, 0.25) is 0 Å². The van der Waals surface area contributed by atoms with E-state index in [1.807, 2.05) is 25.1 Å². The van der Waals surface area contributed by atoms with Gasteiger partial charge >= 0.3 is 11.9 Å². The van der Waals surface area contributed by atoms with Crippen molar-refractivity contribution in [3.63, 3.8) is 0 Å². The van der Waals surface area contributed by atoms with Crippen molar-refractivity contribution in [1.29, 1.82) is 0 Å². The monoisotopic (exact) mass is 691 g/mol. The molecule has 1 spiro atoms. The van der Waals surface area contributed by atoms with Crippen LogP contribution in [-0.4, -0.2) is 30.8 Å². The second-order valence-electron chi connectivity index (χ2n) is 13.4. The molecular weight excluding hydrogens is 658 g/mol. The minimum Gasteiger partial charge on any atom is -0.454 e. The summed E-state index contributed by atoms with van der Waals surface area (Å²) >= 11 is 10.9. The van der Waals surface area contributed by atoms with E-state index in [1.165, 1.54) is 11.3 Å². The van der Waals surface area contributed by atoms with Crippen LogP contribution in [0.1, 0.15) is 97.1 Å². The standard InChI is InChI=1S/C36H35BrClNO6/c1-5-22(40)12-10-20-17-27-32(28(38)30(20)44-34(42)35(2,3)4)43-31-24-9-7-15-39-14-6-8-19(29(24)39)16-26(31)36(27)25-18-21(37)11-13-23(25)33(41)45-36/h11,13,16-18H,5-10,12,14-15H2,1-4H3. The van der Waals surface area contributed by atoms with E-state index < -0.39 is 23.0 Å². The van der Waals surface area contributed by atoms with Crippen LogP contribution < -0.4 is 14.4 Å². The van der Waals surface area contributed by atoms with Crippen molar-refractivity contribution in [2.75, 3.05) is 18.0 Å². The van der Waals surface area contributed by atoms with Crippen molar-refractivity contribution >= 4 is 50.9 Å². The van der Waals surface area contributed by atoms with Gasteiger partial charge in [-0.1, -0.05) is 34.5 Å². The summed E-state index contributed by atoms with van der Waals surface area (Å²) in [6, 6.07) is 9.55. The van der Waals surface area contributed by atoms with Gasteiger partial charge in [-0.25, -0.2) is 4.79 Å². The van der Waals surface area contributed by atoms with Crippen LogP contribution >= 0.6 is 27.5 Å². The fraction of sp³-hybridized carbons (Fsp3) is 0.417. The Morgan fingerprint density at radius 2 is 1.78 bits per heavy atom. The molecule has 7 rings (SSSR count). The lowest BCUT2D eigenvalue weighted by molar-refractivity contribution is -0.143. The van der Waals surface area contributed by atoms with E-state index in [4.69, 9.17) is 25.8 Å². The van der Waals surface area contributed by atoms with Crippen molar-refractivity contribution in [2.24, 2.45) is 5.41 Å². The van der Waals surface area contributed by atoms with E-state index in [1.54, 1.807) is 26.8 Å². The molecule has 4 aliphatic rings. The van der Waals surface area contributed by atoms with Gasteiger partial charge in [-0.3, -0.25) is 9.59 Å². The fourth-order valence-electron chi connectivity index (χ4n) is 7.11. The molecule has 4 heterocycles. The third kappa shape index (κ3) is 4.70. The van der Waals surface area contributed by atoms with Crippen LogP contribution in [0.3, 0.4) is 0 Å². The molecule has 0 aliphatic carbocycles. The maximum absolute atomic E-state index is 13.7. The van der Waals surface area contributed by atoms with E-state index in [2.05, 4.69) is 26.9 Å². The number of anilines is 1. The number of halogens is 2. The molecular formula is C36H35BrClNO6. The minimum atomic E-state index is -1.36. The molecule has 0 amide bonds. The average Bonchev–Trinajstić information content (AvgIpc) is 3.29. The van der Waals surface area contributed by atoms with Crippen molar-refractivity contribution in [3.8, 4) is 17.2 Å². The molecule has 0 aromatic heterocycles. The fourth-order valence-corrected chi connectivity index (χ4v) is 7.77. The van der Waals surface area contributed by atoms with Gasteiger partial charge in [0.05, 0.1) is 11.0 Å². The number of fused-ring (bicyclic) bond motifs is 7. The molecule has 0 bridgehead atoms. The highest BCUT2D eigenvalue weighted by Gasteiger charge is 2.56. The topological polar surface area (TPSA) is 82.1 Å². The zero-order valence-electron chi connectivity index (χ0n) is 25.9. The van der Waals surface area contributed by atoms with E-state index >= 15 is 0 Å². The van der Waals surface area contributed by atoms with Gasteiger partial charge in [0.1, 0.15) is 16.6 Å². The molecule has 0 saturated carbocycles. The first-order chi connectivity index (χ1) is 21.4. The highest BCUT2D eigenvalue weighted by atomic mass is 79.9. The number of aryl methyl sites for hydroxylation is 2. The molecule has 1 unspecified atom stereocenters. The number of ketones is 1. The normalized spacial score (nSPS) is 19.2. The van der Waals surface area contributed by atoms with E-state index in [-0.39, 0.29) is 28.7 Å². The first kappa shape index (κ1) is 30.3. The third-order valence-electron chi connectivity index (χ3n) is 9.39. The second kappa shape index (κ2) is 10.9. The molecule has 0 radical (unpaired) electrons. The zero-order chi connectivity index (χ0) is 31.8. The minimum absolute atomic E-state index is 0.0742. The molecule has 3 aromatic rings. The zero-order valence-corrected chi connectivity index (χ0v) is 28.2. The number of esters is 2. The lowest BCUT2D eigenvalue weighted by atomic mass is 9.74. The number of rotatable bonds is 5. The van der Waals surface area contributed by atoms with Gasteiger partial charge in [0.25, 0.3) is 0 Å². The van der Waals surface area contributed by atoms with E-state index in [9.17, 15) is 14.4 Å². The number of hydrogen-bond donors (Lipinski definition) is 0. The van der Waals surface area contributed by atoms with Crippen LogP contribution in [0.2, 0.25) is 5.02 Å². The quantitative estimate of drug-likeness (QED) is 0.197. The SMILES string of the molecule is CCC(=O)CCc1cc2c(c(Cl)c1OC(=O)C(C)(C)C)Oc1c(cc3c4c1CCCN4CCC3)C21OC(=O)c2ccc(Br)cc21. The Labute approximate surface area is 276 Å². The first-order valence-corrected chi connectivity index (χ1v) is 16.9. The van der Waals surface area contributed by atoms with Gasteiger partial charge in [0.15, 0.2) is 17.1 Å². The van der Waals surface area contributed by atoms with Gasteiger partial charge in [-0.2, -0.15) is 0 Å². The number of benzene rings is 3. The molecule has 1 atom stereocenters. The molecule has 45 heavy (non-hydrogen) atoms. The van der Waals surface area contributed by atoms with Crippen LogP contribution in [0.4, 0.5) is 5.69 Å². The molecule has 0 saturated heterocycles. The maximum atomic E-state index is 13.7. The Bertz CT molecular complexity index is 1810. The molecule has 0 fully saturated rings. The molecule has 4 aliphatic heterocycles. The number of hydrogen-bond acceptors (Lipinski definition) is 7. The summed E-state index contributed by atoms with van der Waals surface area (Å²) in [5.74, 6) is 0.273. The van der Waals surface area contributed by atoms with Gasteiger partial charge < -0.3 is 19.1 Å². The Kier molecular flexibility index (Phi) is 7.32. The summed E-state index contributed by atoms with van der Waals surface area (Å²) < 4.78 is 20.2. The van der Waals surface area contributed by atoms with E-state index in [0.717, 1.165) is 54.4 Å². The Hall–Kier alpha value is -3.36. The second-order valence-corrected chi connectivity index (χ2v) is 14.7. The van der Waals surface area contributed by atoms with E-state index in [0.29, 0.717) is 40.8 Å². The summed E-state index contributed by atoms with van der Waals surface area (Å²) in [6.45, 7) is 9.11.